The van der Waals surface area contributed by atoms with Gasteiger partial charge in [0.25, 0.3) is 5.92 Å². The number of hydrogen-bond donors (Lipinski definition) is 0. The van der Waals surface area contributed by atoms with Crippen molar-refractivity contribution in [1.29, 1.82) is 0 Å². The molecule has 0 bridgehead atoms. The van der Waals surface area contributed by atoms with Gasteiger partial charge in [0, 0.05) is 37.9 Å². The van der Waals surface area contributed by atoms with E-state index in [2.05, 4.69) is 53.4 Å². The fourth-order valence-corrected chi connectivity index (χ4v) is 4.27. The molecule has 1 aliphatic heterocycles. The minimum atomic E-state index is -2.46. The number of alkyl halides is 2. The van der Waals surface area contributed by atoms with Gasteiger partial charge in [0.1, 0.15) is 0 Å². The number of halogens is 2. The lowest BCUT2D eigenvalue weighted by Crippen LogP contribution is -2.40. The van der Waals surface area contributed by atoms with Gasteiger partial charge in [-0.1, -0.05) is 60.7 Å². The lowest BCUT2D eigenvalue weighted by molar-refractivity contribution is -0.0559. The van der Waals surface area contributed by atoms with E-state index in [-0.39, 0.29) is 18.3 Å². The minimum Gasteiger partial charge on any atom is -0.303 e. The number of rotatable bonds is 4. The Morgan fingerprint density at radius 3 is 1.83 bits per heavy atom. The molecular weight excluding hydrogens is 304 g/mol. The maximum Gasteiger partial charge on any atom is 0.250 e. The van der Waals surface area contributed by atoms with E-state index in [4.69, 9.17) is 0 Å². The maximum absolute atomic E-state index is 13.4. The van der Waals surface area contributed by atoms with E-state index in [1.54, 1.807) is 0 Å². The number of likely N-dealkylation sites (tertiary alicyclic amines) is 1. The standard InChI is InChI=1S/C21H23F2N/c22-20(23)11-13-24(14-12-20)16-19-15-21(19,17-7-3-1-4-8-17)18-9-5-2-6-10-18/h1-10,19H,11-16H2. The molecule has 1 nitrogen and oxygen atoms in total. The summed E-state index contributed by atoms with van der Waals surface area (Å²) >= 11 is 0. The van der Waals surface area contributed by atoms with E-state index in [0.29, 0.717) is 19.0 Å². The predicted octanol–water partition coefficient (Wildman–Crippen LogP) is 4.72. The molecule has 2 aromatic rings. The Bertz CT molecular complexity index is 634. The number of nitrogens with zero attached hydrogens (tertiary/aromatic N) is 1. The van der Waals surface area contributed by atoms with Crippen LogP contribution in [0.2, 0.25) is 0 Å². The highest BCUT2D eigenvalue weighted by molar-refractivity contribution is 5.47. The Hall–Kier alpha value is -1.74. The summed E-state index contributed by atoms with van der Waals surface area (Å²) in [5, 5.41) is 0. The number of benzene rings is 2. The van der Waals surface area contributed by atoms with Crippen molar-refractivity contribution in [3.8, 4) is 0 Å². The van der Waals surface area contributed by atoms with Crippen LogP contribution in [0.3, 0.4) is 0 Å². The summed E-state index contributed by atoms with van der Waals surface area (Å²) in [6.45, 7) is 1.95. The lowest BCUT2D eigenvalue weighted by atomic mass is 9.85. The Morgan fingerprint density at radius 2 is 1.33 bits per heavy atom. The van der Waals surface area contributed by atoms with E-state index in [1.807, 2.05) is 12.1 Å². The second-order valence-electron chi connectivity index (χ2n) is 7.26. The van der Waals surface area contributed by atoms with Crippen LogP contribution in [0.1, 0.15) is 30.4 Å². The van der Waals surface area contributed by atoms with Crippen molar-refractivity contribution in [2.45, 2.75) is 30.6 Å². The molecule has 2 aromatic carbocycles. The Kier molecular flexibility index (Phi) is 3.92. The SMILES string of the molecule is FC1(F)CCN(CC2CC2(c2ccccc2)c2ccccc2)CC1. The molecule has 0 N–H and O–H groups in total. The largest absolute Gasteiger partial charge is 0.303 e. The first-order valence-corrected chi connectivity index (χ1v) is 8.81. The molecule has 0 amide bonds. The molecule has 2 aliphatic rings. The van der Waals surface area contributed by atoms with E-state index in [0.717, 1.165) is 13.0 Å². The first-order chi connectivity index (χ1) is 11.6. The van der Waals surface area contributed by atoms with Crippen molar-refractivity contribution < 1.29 is 8.78 Å². The highest BCUT2D eigenvalue weighted by atomic mass is 19.3. The van der Waals surface area contributed by atoms with Crippen LogP contribution < -0.4 is 0 Å². The van der Waals surface area contributed by atoms with Crippen LogP contribution in [-0.4, -0.2) is 30.5 Å². The van der Waals surface area contributed by atoms with Crippen LogP contribution in [-0.2, 0) is 5.41 Å². The van der Waals surface area contributed by atoms with Crippen LogP contribution in [0, 0.1) is 5.92 Å². The third kappa shape index (κ3) is 2.86. The molecule has 1 saturated carbocycles. The molecule has 1 heterocycles. The van der Waals surface area contributed by atoms with Crippen molar-refractivity contribution in [2.75, 3.05) is 19.6 Å². The summed E-state index contributed by atoms with van der Waals surface area (Å²) in [7, 11) is 0. The molecule has 0 radical (unpaired) electrons. The second kappa shape index (κ2) is 5.96. The Morgan fingerprint density at radius 1 is 0.833 bits per heavy atom. The van der Waals surface area contributed by atoms with Gasteiger partial charge < -0.3 is 4.90 Å². The molecule has 1 saturated heterocycles. The molecule has 0 spiro atoms. The predicted molar refractivity (Wildman–Crippen MR) is 92.4 cm³/mol. The van der Waals surface area contributed by atoms with E-state index in [1.165, 1.54) is 11.1 Å². The monoisotopic (exact) mass is 327 g/mol. The van der Waals surface area contributed by atoms with Crippen molar-refractivity contribution >= 4 is 0 Å². The molecule has 0 aromatic heterocycles. The van der Waals surface area contributed by atoms with Gasteiger partial charge >= 0.3 is 0 Å². The first kappa shape index (κ1) is 15.8. The van der Waals surface area contributed by atoms with Crippen LogP contribution in [0.5, 0.6) is 0 Å². The van der Waals surface area contributed by atoms with Gasteiger partial charge in [-0.2, -0.15) is 0 Å². The quantitative estimate of drug-likeness (QED) is 0.785. The van der Waals surface area contributed by atoms with Crippen LogP contribution in [0.25, 0.3) is 0 Å². The topological polar surface area (TPSA) is 3.24 Å². The lowest BCUT2D eigenvalue weighted by Gasteiger charge is -2.32. The molecule has 1 atom stereocenters. The molecule has 4 rings (SSSR count). The zero-order chi connectivity index (χ0) is 16.6. The molecular formula is C21H23F2N. The summed E-state index contributed by atoms with van der Waals surface area (Å²) in [4.78, 5) is 2.23. The zero-order valence-electron chi connectivity index (χ0n) is 13.8. The first-order valence-electron chi connectivity index (χ1n) is 8.81. The fourth-order valence-electron chi connectivity index (χ4n) is 4.27. The van der Waals surface area contributed by atoms with Gasteiger partial charge in [0.2, 0.25) is 0 Å². The van der Waals surface area contributed by atoms with E-state index < -0.39 is 5.92 Å². The van der Waals surface area contributed by atoms with Crippen LogP contribution in [0.15, 0.2) is 60.7 Å². The Labute approximate surface area is 142 Å². The molecule has 24 heavy (non-hydrogen) atoms. The second-order valence-corrected chi connectivity index (χ2v) is 7.26. The molecule has 3 heteroatoms. The minimum absolute atomic E-state index is 0.00337. The van der Waals surface area contributed by atoms with E-state index in [9.17, 15) is 8.78 Å². The number of piperidine rings is 1. The molecule has 126 valence electrons. The van der Waals surface area contributed by atoms with Crippen molar-refractivity contribution in [2.24, 2.45) is 5.92 Å². The number of hydrogen-bond acceptors (Lipinski definition) is 1. The van der Waals surface area contributed by atoms with Crippen molar-refractivity contribution in [3.63, 3.8) is 0 Å². The molecule has 2 fully saturated rings. The normalized spacial score (nSPS) is 25.3. The van der Waals surface area contributed by atoms with Gasteiger partial charge in [-0.05, 0) is 23.5 Å². The van der Waals surface area contributed by atoms with Gasteiger partial charge in [-0.25, -0.2) is 8.78 Å². The summed E-state index contributed by atoms with van der Waals surface area (Å²) in [5.41, 5.74) is 2.76. The third-order valence-corrected chi connectivity index (χ3v) is 5.75. The van der Waals surface area contributed by atoms with Gasteiger partial charge in [-0.3, -0.25) is 0 Å². The smallest absolute Gasteiger partial charge is 0.250 e. The zero-order valence-corrected chi connectivity index (χ0v) is 13.8. The fraction of sp³-hybridized carbons (Fsp3) is 0.429. The van der Waals surface area contributed by atoms with Crippen LogP contribution in [0.4, 0.5) is 8.78 Å². The van der Waals surface area contributed by atoms with Crippen LogP contribution >= 0.6 is 0 Å². The molecule has 1 unspecified atom stereocenters. The summed E-state index contributed by atoms with van der Waals surface area (Å²) in [6, 6.07) is 21.3. The van der Waals surface area contributed by atoms with Gasteiger partial charge in [0.05, 0.1) is 0 Å². The summed E-state index contributed by atoms with van der Waals surface area (Å²) in [6.07, 6.45) is 1.11. The average molecular weight is 327 g/mol. The van der Waals surface area contributed by atoms with Crippen molar-refractivity contribution in [1.82, 2.24) is 4.90 Å². The summed E-state index contributed by atoms with van der Waals surface area (Å²) < 4.78 is 26.8. The third-order valence-electron chi connectivity index (χ3n) is 5.75. The highest BCUT2D eigenvalue weighted by Crippen LogP contribution is 2.59. The maximum atomic E-state index is 13.4. The van der Waals surface area contributed by atoms with Gasteiger partial charge in [0.15, 0.2) is 0 Å². The summed E-state index contributed by atoms with van der Waals surface area (Å²) in [5.74, 6) is -1.95. The van der Waals surface area contributed by atoms with Crippen molar-refractivity contribution in [3.05, 3.63) is 71.8 Å². The Balaban J connectivity index is 1.55. The highest BCUT2D eigenvalue weighted by Gasteiger charge is 2.56. The molecule has 1 aliphatic carbocycles. The average Bonchev–Trinajstić information content (AvgIpc) is 3.34. The van der Waals surface area contributed by atoms with E-state index >= 15 is 0 Å². The van der Waals surface area contributed by atoms with Gasteiger partial charge in [-0.15, -0.1) is 0 Å².